The van der Waals surface area contributed by atoms with Crippen molar-refractivity contribution in [3.63, 3.8) is 0 Å². The maximum atomic E-state index is 12.3. The predicted molar refractivity (Wildman–Crippen MR) is 124 cm³/mol. The highest BCUT2D eigenvalue weighted by Crippen LogP contribution is 2.31. The maximum absolute atomic E-state index is 12.3. The van der Waals surface area contributed by atoms with E-state index in [-0.39, 0.29) is 17.9 Å². The van der Waals surface area contributed by atoms with Gasteiger partial charge in [0.25, 0.3) is 0 Å². The van der Waals surface area contributed by atoms with Gasteiger partial charge in [-0.2, -0.15) is 5.21 Å². The molecule has 1 amide bonds. The van der Waals surface area contributed by atoms with Gasteiger partial charge in [-0.1, -0.05) is 69.3 Å². The predicted octanol–water partition coefficient (Wildman–Crippen LogP) is 3.07. The van der Waals surface area contributed by atoms with Crippen LogP contribution in [0.4, 0.5) is 0 Å². The van der Waals surface area contributed by atoms with Crippen molar-refractivity contribution in [2.24, 2.45) is 11.7 Å². The van der Waals surface area contributed by atoms with E-state index in [2.05, 4.69) is 76.1 Å². The Kier molecular flexibility index (Phi) is 6.32. The van der Waals surface area contributed by atoms with E-state index in [0.29, 0.717) is 17.8 Å². The first-order valence-corrected chi connectivity index (χ1v) is 11.0. The van der Waals surface area contributed by atoms with Crippen LogP contribution in [0.3, 0.4) is 0 Å². The Morgan fingerprint density at radius 1 is 1.12 bits per heavy atom. The van der Waals surface area contributed by atoms with Crippen molar-refractivity contribution >= 4 is 5.91 Å². The molecule has 32 heavy (non-hydrogen) atoms. The Morgan fingerprint density at radius 3 is 2.44 bits per heavy atom. The summed E-state index contributed by atoms with van der Waals surface area (Å²) in [6.07, 6.45) is 1.68. The minimum absolute atomic E-state index is 0.0812. The summed E-state index contributed by atoms with van der Waals surface area (Å²) in [7, 11) is 0. The fraction of sp³-hybridized carbons (Fsp3) is 0.333. The van der Waals surface area contributed by atoms with Crippen LogP contribution < -0.4 is 11.2 Å². The number of H-pyrrole nitrogens is 1. The highest BCUT2D eigenvalue weighted by Gasteiger charge is 2.36. The first kappa shape index (κ1) is 21.7. The third-order valence-electron chi connectivity index (χ3n) is 5.78. The molecule has 0 aliphatic carbocycles. The van der Waals surface area contributed by atoms with Crippen molar-refractivity contribution in [1.29, 1.82) is 0 Å². The molecule has 2 aromatic carbocycles. The molecule has 8 heteroatoms. The number of allylic oxidation sites excluding steroid dienone is 1. The summed E-state index contributed by atoms with van der Waals surface area (Å²) in [6, 6.07) is 16.3. The lowest BCUT2D eigenvalue weighted by molar-refractivity contribution is -0.115. The summed E-state index contributed by atoms with van der Waals surface area (Å²) in [5.74, 6) is 0.413. The summed E-state index contributed by atoms with van der Waals surface area (Å²) < 4.78 is 0. The van der Waals surface area contributed by atoms with Crippen LogP contribution in [0.5, 0.6) is 0 Å². The van der Waals surface area contributed by atoms with Gasteiger partial charge in [0.2, 0.25) is 11.7 Å². The summed E-state index contributed by atoms with van der Waals surface area (Å²) in [4.78, 5) is 12.3. The lowest BCUT2D eigenvalue weighted by Crippen LogP contribution is -2.42. The number of tetrazole rings is 1. The second-order valence-electron chi connectivity index (χ2n) is 8.35. The number of carbonyl (C=O) groups is 1. The van der Waals surface area contributed by atoms with E-state index < -0.39 is 0 Å². The number of benzene rings is 2. The van der Waals surface area contributed by atoms with Crippen molar-refractivity contribution in [3.05, 3.63) is 65.4 Å². The Balaban J connectivity index is 1.62. The van der Waals surface area contributed by atoms with Crippen LogP contribution in [0.2, 0.25) is 0 Å². The number of carbonyl (C=O) groups excluding carboxylic acids is 1. The highest BCUT2D eigenvalue weighted by atomic mass is 16.1. The number of amides is 1. The Hall–Kier alpha value is -3.52. The summed E-state index contributed by atoms with van der Waals surface area (Å²) >= 11 is 0. The largest absolute Gasteiger partial charge is 0.366 e. The molecular formula is C24H29N7O. The van der Waals surface area contributed by atoms with Crippen molar-refractivity contribution in [2.45, 2.75) is 39.7 Å². The normalized spacial score (nSPS) is 16.6. The molecule has 8 nitrogen and oxygen atoms in total. The first-order chi connectivity index (χ1) is 15.5. The quantitative estimate of drug-likeness (QED) is 0.505. The van der Waals surface area contributed by atoms with E-state index in [0.717, 1.165) is 40.9 Å². The molecule has 4 rings (SSSR count). The zero-order chi connectivity index (χ0) is 22.7. The fourth-order valence-electron chi connectivity index (χ4n) is 4.28. The van der Waals surface area contributed by atoms with Gasteiger partial charge >= 0.3 is 0 Å². The molecule has 0 bridgehead atoms. The number of rotatable bonds is 8. The molecule has 0 spiro atoms. The Bertz CT molecular complexity index is 1100. The van der Waals surface area contributed by atoms with E-state index in [1.54, 1.807) is 0 Å². The smallest absolute Gasteiger partial charge is 0.248 e. The lowest BCUT2D eigenvalue weighted by Gasteiger charge is -2.26. The number of primary amides is 1. The average Bonchev–Trinajstić information content (AvgIpc) is 3.44. The van der Waals surface area contributed by atoms with Gasteiger partial charge in [-0.15, -0.1) is 10.2 Å². The zero-order valence-electron chi connectivity index (χ0n) is 18.7. The van der Waals surface area contributed by atoms with Gasteiger partial charge in [-0.3, -0.25) is 4.79 Å². The van der Waals surface area contributed by atoms with Crippen LogP contribution >= 0.6 is 0 Å². The number of hydrazine groups is 1. The number of hydrogen-bond acceptors (Lipinski definition) is 6. The minimum Gasteiger partial charge on any atom is -0.366 e. The van der Waals surface area contributed by atoms with Crippen molar-refractivity contribution in [3.8, 4) is 22.5 Å². The molecule has 3 aromatic rings. The maximum Gasteiger partial charge on any atom is 0.248 e. The Labute approximate surface area is 187 Å². The van der Waals surface area contributed by atoms with Crippen LogP contribution in [-0.4, -0.2) is 44.1 Å². The van der Waals surface area contributed by atoms with E-state index in [4.69, 9.17) is 5.73 Å². The number of aromatic amines is 1. The molecule has 4 N–H and O–H groups in total. The third kappa shape index (κ3) is 4.27. The monoisotopic (exact) mass is 431 g/mol. The topological polar surface area (TPSA) is 113 Å². The molecule has 0 fully saturated rings. The lowest BCUT2D eigenvalue weighted by atomic mass is 9.93. The third-order valence-corrected chi connectivity index (χ3v) is 5.78. The zero-order valence-corrected chi connectivity index (χ0v) is 18.7. The molecule has 166 valence electrons. The van der Waals surface area contributed by atoms with Crippen molar-refractivity contribution < 1.29 is 4.79 Å². The van der Waals surface area contributed by atoms with Gasteiger partial charge in [0.1, 0.15) is 0 Å². The van der Waals surface area contributed by atoms with Crippen LogP contribution in [0, 0.1) is 5.92 Å². The van der Waals surface area contributed by atoms with Gasteiger partial charge in [-0.25, -0.2) is 5.01 Å². The van der Waals surface area contributed by atoms with Crippen molar-refractivity contribution in [2.75, 3.05) is 6.54 Å². The Morgan fingerprint density at radius 2 is 1.84 bits per heavy atom. The molecule has 1 aliphatic heterocycles. The second-order valence-corrected chi connectivity index (χ2v) is 8.35. The highest BCUT2D eigenvalue weighted by molar-refractivity contribution is 5.94. The van der Waals surface area contributed by atoms with Gasteiger partial charge in [0, 0.05) is 17.8 Å². The van der Waals surface area contributed by atoms with Crippen LogP contribution in [0.15, 0.2) is 59.8 Å². The SMILES string of the molecule is CCCN1NC(C(C)C)=C(C(N)=O)C1Cc1ccc(-c2ccccc2-c2nn[nH]n2)cc1. The number of nitrogens with one attached hydrogen (secondary N) is 2. The number of nitrogens with zero attached hydrogens (tertiary/aromatic N) is 4. The molecule has 1 aliphatic rings. The minimum atomic E-state index is -0.351. The number of aromatic nitrogens is 4. The molecule has 0 saturated carbocycles. The van der Waals surface area contributed by atoms with Gasteiger partial charge in [0.15, 0.2) is 0 Å². The van der Waals surface area contributed by atoms with Gasteiger partial charge in [0.05, 0.1) is 11.6 Å². The number of hydrogen-bond donors (Lipinski definition) is 3. The van der Waals surface area contributed by atoms with Gasteiger partial charge < -0.3 is 11.2 Å². The van der Waals surface area contributed by atoms with E-state index in [1.165, 1.54) is 0 Å². The molecular weight excluding hydrogens is 402 g/mol. The molecule has 0 saturated heterocycles. The molecule has 1 aromatic heterocycles. The fourth-order valence-corrected chi connectivity index (χ4v) is 4.28. The molecule has 0 radical (unpaired) electrons. The summed E-state index contributed by atoms with van der Waals surface area (Å²) in [5, 5.41) is 16.6. The summed E-state index contributed by atoms with van der Waals surface area (Å²) in [6.45, 7) is 7.13. The molecule has 1 atom stereocenters. The summed E-state index contributed by atoms with van der Waals surface area (Å²) in [5.41, 5.74) is 15.0. The van der Waals surface area contributed by atoms with E-state index >= 15 is 0 Å². The van der Waals surface area contributed by atoms with E-state index in [9.17, 15) is 4.79 Å². The standard InChI is InChI=1S/C24H29N7O/c1-4-13-31-20(21(23(25)32)22(28-31)15(2)3)14-16-9-11-17(12-10-16)18-7-5-6-8-19(18)24-26-29-30-27-24/h5-12,15,20,28H,4,13-14H2,1-3H3,(H2,25,32)(H,26,27,29,30). The van der Waals surface area contributed by atoms with Crippen LogP contribution in [0.1, 0.15) is 32.8 Å². The van der Waals surface area contributed by atoms with Gasteiger partial charge in [-0.05, 0) is 40.7 Å². The van der Waals surface area contributed by atoms with Crippen molar-refractivity contribution in [1.82, 2.24) is 31.1 Å². The molecule has 1 unspecified atom stereocenters. The second kappa shape index (κ2) is 9.32. The molecule has 2 heterocycles. The number of nitrogens with two attached hydrogens (primary N) is 1. The van der Waals surface area contributed by atoms with Crippen LogP contribution in [0.25, 0.3) is 22.5 Å². The van der Waals surface area contributed by atoms with Crippen LogP contribution in [-0.2, 0) is 11.2 Å². The first-order valence-electron chi connectivity index (χ1n) is 11.0. The van der Waals surface area contributed by atoms with E-state index in [1.807, 2.05) is 24.3 Å². The average molecular weight is 432 g/mol.